The number of hydrogen-bond donors (Lipinski definition) is 0. The Labute approximate surface area is 167 Å². The van der Waals surface area contributed by atoms with Gasteiger partial charge in [-0.1, -0.05) is 0 Å². The highest BCUT2D eigenvalue weighted by atomic mass is 16.8. The summed E-state index contributed by atoms with van der Waals surface area (Å²) >= 11 is 0. The van der Waals surface area contributed by atoms with Gasteiger partial charge in [0.05, 0.1) is 13.2 Å². The number of rotatable bonds is 8. The van der Waals surface area contributed by atoms with Crippen molar-refractivity contribution in [2.75, 3.05) is 13.2 Å². The van der Waals surface area contributed by atoms with Crippen LogP contribution in [0.5, 0.6) is 0 Å². The minimum Gasteiger partial charge on any atom is -0.462 e. The van der Waals surface area contributed by atoms with E-state index < -0.39 is 36.0 Å². The number of carbonyl (C=O) groups excluding carboxylic acids is 4. The van der Waals surface area contributed by atoms with Gasteiger partial charge in [-0.15, -0.1) is 0 Å². The molecule has 0 amide bonds. The number of hydrogen-bond acceptors (Lipinski definition) is 10. The van der Waals surface area contributed by atoms with E-state index in [1.54, 1.807) is 32.9 Å². The summed E-state index contributed by atoms with van der Waals surface area (Å²) in [5, 5.41) is 0. The molecule has 2 rings (SSSR count). The van der Waals surface area contributed by atoms with Crippen LogP contribution in [-0.2, 0) is 38.0 Å². The van der Waals surface area contributed by atoms with E-state index in [2.05, 4.69) is 0 Å². The van der Waals surface area contributed by atoms with E-state index in [-0.39, 0.29) is 13.2 Å². The minimum absolute atomic E-state index is 0.0297. The molecule has 0 radical (unpaired) electrons. The summed E-state index contributed by atoms with van der Waals surface area (Å²) in [6, 6.07) is 0. The van der Waals surface area contributed by atoms with Gasteiger partial charge in [0.15, 0.2) is 17.5 Å². The minimum atomic E-state index is -0.856. The molecule has 2 aliphatic heterocycles. The summed E-state index contributed by atoms with van der Waals surface area (Å²) in [6.45, 7) is 5.07. The van der Waals surface area contributed by atoms with E-state index in [1.165, 1.54) is 0 Å². The van der Waals surface area contributed by atoms with Gasteiger partial charge in [0.1, 0.15) is 5.76 Å². The molecule has 0 spiro atoms. The van der Waals surface area contributed by atoms with Crippen molar-refractivity contribution in [3.63, 3.8) is 0 Å². The fourth-order valence-corrected chi connectivity index (χ4v) is 2.34. The Morgan fingerprint density at radius 2 is 1.55 bits per heavy atom. The smallest absolute Gasteiger partial charge is 0.462 e. The zero-order chi connectivity index (χ0) is 21.4. The Hall–Kier alpha value is -3.30. The third kappa shape index (κ3) is 6.98. The molecule has 2 fully saturated rings. The zero-order valence-electron chi connectivity index (χ0n) is 16.3. The maximum Gasteiger partial charge on any atom is 0.514 e. The molecule has 0 aromatic carbocycles. The molecule has 1 unspecified atom stereocenters. The summed E-state index contributed by atoms with van der Waals surface area (Å²) in [4.78, 5) is 45.1. The van der Waals surface area contributed by atoms with Crippen molar-refractivity contribution in [1.29, 1.82) is 0 Å². The fraction of sp³-hybridized carbons (Fsp3) is 0.474. The Kier molecular flexibility index (Phi) is 7.40. The second kappa shape index (κ2) is 9.76. The van der Waals surface area contributed by atoms with E-state index in [1.807, 2.05) is 0 Å². The normalized spacial score (nSPS) is 22.9. The molecule has 2 saturated heterocycles. The van der Waals surface area contributed by atoms with Crippen LogP contribution in [0.3, 0.4) is 0 Å². The van der Waals surface area contributed by atoms with E-state index in [4.69, 9.17) is 28.4 Å². The second-order valence-corrected chi connectivity index (χ2v) is 6.50. The second-order valence-electron chi connectivity index (χ2n) is 6.50. The van der Waals surface area contributed by atoms with Crippen molar-refractivity contribution in [2.45, 2.75) is 45.3 Å². The van der Waals surface area contributed by atoms with Gasteiger partial charge >= 0.3 is 24.2 Å². The predicted molar refractivity (Wildman–Crippen MR) is 95.1 cm³/mol. The zero-order valence-corrected chi connectivity index (χ0v) is 16.3. The molecular weight excluding hydrogens is 388 g/mol. The van der Waals surface area contributed by atoms with Crippen LogP contribution in [0.15, 0.2) is 35.8 Å². The van der Waals surface area contributed by atoms with Gasteiger partial charge in [0.2, 0.25) is 0 Å². The molecule has 29 heavy (non-hydrogen) atoms. The molecule has 2 heterocycles. The number of ether oxygens (including phenoxy) is 6. The van der Waals surface area contributed by atoms with E-state index in [0.717, 1.165) is 12.2 Å². The molecule has 0 bridgehead atoms. The lowest BCUT2D eigenvalue weighted by atomic mass is 10.1. The molecule has 10 nitrogen and oxygen atoms in total. The third-order valence-corrected chi connectivity index (χ3v) is 3.76. The first-order chi connectivity index (χ1) is 13.7. The molecule has 10 heteroatoms. The number of cyclic esters (lactones) is 4. The quantitative estimate of drug-likeness (QED) is 0.255. The molecule has 158 valence electrons. The summed E-state index contributed by atoms with van der Waals surface area (Å²) in [5.74, 6) is -0.722. The first-order valence-electron chi connectivity index (χ1n) is 8.89. The summed E-state index contributed by atoms with van der Waals surface area (Å²) in [5.41, 5.74) is -0.856. The van der Waals surface area contributed by atoms with Crippen LogP contribution in [-0.4, -0.2) is 49.2 Å². The van der Waals surface area contributed by atoms with Crippen LogP contribution in [0.4, 0.5) is 9.59 Å². The molecule has 1 atom stereocenters. The van der Waals surface area contributed by atoms with Crippen molar-refractivity contribution in [2.24, 2.45) is 0 Å². The van der Waals surface area contributed by atoms with Gasteiger partial charge in [0.25, 0.3) is 0 Å². The van der Waals surface area contributed by atoms with Crippen LogP contribution in [0.2, 0.25) is 0 Å². The highest BCUT2D eigenvalue weighted by Gasteiger charge is 2.38. The van der Waals surface area contributed by atoms with Crippen LogP contribution in [0.25, 0.3) is 0 Å². The third-order valence-electron chi connectivity index (χ3n) is 3.76. The standard InChI is InChI=1S/C19H22O10/c1-12-13(27-17(22)26-12)6-4-10-24-15(20)8-9-16(21)25-11-5-7-14-19(2,3)29-18(23)28-14/h6-9,12H,4-5,10-11H2,1-3H3/b9-8+,13-6+,14-7+. The van der Waals surface area contributed by atoms with Crippen LogP contribution < -0.4 is 0 Å². The highest BCUT2D eigenvalue weighted by Crippen LogP contribution is 2.29. The maximum atomic E-state index is 11.6. The van der Waals surface area contributed by atoms with Crippen LogP contribution in [0, 0.1) is 0 Å². The van der Waals surface area contributed by atoms with Crippen LogP contribution >= 0.6 is 0 Å². The molecule has 0 aliphatic carbocycles. The SMILES string of the molecule is CC1OC(=O)O/C1=C/CCOC(=O)/C=C/C(=O)OCC/C=C1/OC(=O)OC1(C)C. The molecular formula is C19H22O10. The van der Waals surface area contributed by atoms with Gasteiger partial charge in [-0.2, -0.15) is 0 Å². The molecule has 0 N–H and O–H groups in total. The average molecular weight is 410 g/mol. The van der Waals surface area contributed by atoms with Crippen molar-refractivity contribution in [1.82, 2.24) is 0 Å². The Morgan fingerprint density at radius 3 is 2.03 bits per heavy atom. The Morgan fingerprint density at radius 1 is 0.966 bits per heavy atom. The molecule has 0 aromatic heterocycles. The lowest BCUT2D eigenvalue weighted by Crippen LogP contribution is -2.20. The van der Waals surface area contributed by atoms with Gasteiger partial charge in [-0.25, -0.2) is 19.2 Å². The van der Waals surface area contributed by atoms with Crippen molar-refractivity contribution >= 4 is 24.2 Å². The van der Waals surface area contributed by atoms with Crippen molar-refractivity contribution in [3.8, 4) is 0 Å². The van der Waals surface area contributed by atoms with E-state index >= 15 is 0 Å². The summed E-state index contributed by atoms with van der Waals surface area (Å²) in [6.07, 6.45) is 3.70. The van der Waals surface area contributed by atoms with Gasteiger partial charge in [-0.3, -0.25) is 0 Å². The topological polar surface area (TPSA) is 124 Å². The highest BCUT2D eigenvalue weighted by molar-refractivity contribution is 5.91. The Bertz CT molecular complexity index is 759. The molecule has 0 saturated carbocycles. The fourth-order valence-electron chi connectivity index (χ4n) is 2.34. The predicted octanol–water partition coefficient (Wildman–Crippen LogP) is 2.68. The number of carbonyl (C=O) groups is 4. The lowest BCUT2D eigenvalue weighted by Gasteiger charge is -2.13. The molecule has 0 aromatic rings. The maximum absolute atomic E-state index is 11.6. The first-order valence-corrected chi connectivity index (χ1v) is 8.89. The van der Waals surface area contributed by atoms with E-state index in [9.17, 15) is 19.2 Å². The van der Waals surface area contributed by atoms with Crippen molar-refractivity contribution in [3.05, 3.63) is 35.8 Å². The van der Waals surface area contributed by atoms with Gasteiger partial charge < -0.3 is 28.4 Å². The van der Waals surface area contributed by atoms with Gasteiger partial charge in [0, 0.05) is 25.0 Å². The average Bonchev–Trinajstić information content (AvgIpc) is 3.09. The van der Waals surface area contributed by atoms with Crippen LogP contribution in [0.1, 0.15) is 33.6 Å². The van der Waals surface area contributed by atoms with Gasteiger partial charge in [-0.05, 0) is 32.9 Å². The Balaban J connectivity index is 1.62. The monoisotopic (exact) mass is 410 g/mol. The van der Waals surface area contributed by atoms with Crippen molar-refractivity contribution < 1.29 is 47.6 Å². The lowest BCUT2D eigenvalue weighted by molar-refractivity contribution is -0.140. The van der Waals surface area contributed by atoms with E-state index in [0.29, 0.717) is 24.4 Å². The molecule has 2 aliphatic rings. The number of esters is 2. The largest absolute Gasteiger partial charge is 0.514 e. The first kappa shape index (κ1) is 22.0. The summed E-state index contributed by atoms with van der Waals surface area (Å²) in [7, 11) is 0. The summed E-state index contributed by atoms with van der Waals surface area (Å²) < 4.78 is 29.3.